The van der Waals surface area contributed by atoms with Gasteiger partial charge in [0.05, 0.1) is 28.8 Å². The second-order valence-corrected chi connectivity index (χ2v) is 14.7. The Hall–Kier alpha value is -5.26. The first-order valence-corrected chi connectivity index (χ1v) is 17.3. The molecule has 3 aliphatic heterocycles. The van der Waals surface area contributed by atoms with E-state index in [1.54, 1.807) is 4.90 Å². The number of aromatic hydroxyl groups is 1. The Morgan fingerprint density at radius 3 is 2.61 bits per heavy atom. The van der Waals surface area contributed by atoms with Crippen LogP contribution in [0.25, 0.3) is 32.8 Å². The number of carbonyl (C=O) groups excluding carboxylic acids is 1. The Kier molecular flexibility index (Phi) is 8.59. The minimum atomic E-state index is -0.865. The molecule has 11 heteroatoms. The third kappa shape index (κ3) is 5.70. The number of hydrogen-bond acceptors (Lipinski definition) is 8. The summed E-state index contributed by atoms with van der Waals surface area (Å²) in [6.07, 6.45) is 11.9. The SMILES string of the molecule is C#Cc1c(F)ccc2cc(O)cc(-c3c(C#N)cc4c(N(C)C[C@H]5N(C(=O)C=C)CCC5(C)C)nc(OCC56CCCN5CCC6)nc4c3F)c12. The predicted molar refractivity (Wildman–Crippen MR) is 192 cm³/mol. The molecule has 0 aliphatic carbocycles. The van der Waals surface area contributed by atoms with E-state index in [0.29, 0.717) is 30.9 Å². The van der Waals surface area contributed by atoms with Gasteiger partial charge in [-0.25, -0.2) is 8.78 Å². The molecule has 0 radical (unpaired) electrons. The first kappa shape index (κ1) is 34.2. The molecule has 3 aliphatic rings. The number of halogens is 2. The second-order valence-electron chi connectivity index (χ2n) is 14.7. The molecule has 4 heterocycles. The number of anilines is 1. The van der Waals surface area contributed by atoms with Gasteiger partial charge in [-0.05, 0) is 91.9 Å². The monoisotopic (exact) mass is 690 g/mol. The summed E-state index contributed by atoms with van der Waals surface area (Å²) < 4.78 is 38.7. The van der Waals surface area contributed by atoms with Gasteiger partial charge in [0.25, 0.3) is 0 Å². The zero-order chi connectivity index (χ0) is 36.2. The number of benzene rings is 3. The summed E-state index contributed by atoms with van der Waals surface area (Å²) in [7, 11) is 1.81. The summed E-state index contributed by atoms with van der Waals surface area (Å²) in [5.74, 6) is 0.752. The largest absolute Gasteiger partial charge is 0.508 e. The van der Waals surface area contributed by atoms with Crippen molar-refractivity contribution in [2.45, 2.75) is 57.5 Å². The Balaban J connectivity index is 1.42. The molecule has 1 atom stereocenters. The molecule has 4 aromatic rings. The number of carbonyl (C=O) groups is 1. The Bertz CT molecular complexity index is 2180. The standard InChI is InChI=1S/C40H40F2N6O3/c1-6-27-30(41)11-10-24-18-26(49)20-28(33(24)27)34-25(21-43)19-29-36(35(34)42)44-38(51-23-40-12-8-15-47(40)16-9-13-40)45-37(29)46(5)22-31-39(3,4)14-17-48(31)32(50)7-2/h1,7,10-11,18-20,31,49H,2,8-9,12-17,22-23H2,3-5H3/t31-/m1/s1. The van der Waals surface area contributed by atoms with Crippen molar-refractivity contribution >= 4 is 33.4 Å². The van der Waals surface area contributed by atoms with Gasteiger partial charge in [0.15, 0.2) is 5.82 Å². The Morgan fingerprint density at radius 1 is 1.18 bits per heavy atom. The highest BCUT2D eigenvalue weighted by Crippen LogP contribution is 2.44. The summed E-state index contributed by atoms with van der Waals surface area (Å²) in [4.78, 5) is 28.4. The summed E-state index contributed by atoms with van der Waals surface area (Å²) in [5, 5.41) is 22.0. The van der Waals surface area contributed by atoms with Crippen LogP contribution in [0, 0.1) is 40.7 Å². The number of phenolic OH excluding ortho intramolecular Hbond substituents is 1. The molecule has 1 aromatic heterocycles. The van der Waals surface area contributed by atoms with Crippen molar-refractivity contribution < 1.29 is 23.4 Å². The third-order valence-corrected chi connectivity index (χ3v) is 11.3. The van der Waals surface area contributed by atoms with E-state index in [1.807, 2.05) is 11.9 Å². The topological polar surface area (TPSA) is 106 Å². The highest BCUT2D eigenvalue weighted by Gasteiger charge is 2.45. The number of nitrogens with zero attached hydrogens (tertiary/aromatic N) is 6. The van der Waals surface area contributed by atoms with Gasteiger partial charge in [-0.1, -0.05) is 32.4 Å². The van der Waals surface area contributed by atoms with Gasteiger partial charge >= 0.3 is 6.01 Å². The number of phenols is 1. The molecular formula is C40H40F2N6O3. The second kappa shape index (κ2) is 12.8. The van der Waals surface area contributed by atoms with E-state index in [-0.39, 0.29) is 73.2 Å². The van der Waals surface area contributed by atoms with Gasteiger partial charge in [-0.3, -0.25) is 9.69 Å². The number of amides is 1. The van der Waals surface area contributed by atoms with E-state index in [2.05, 4.69) is 42.3 Å². The van der Waals surface area contributed by atoms with Gasteiger partial charge in [-0.15, -0.1) is 6.42 Å². The number of rotatable bonds is 8. The summed E-state index contributed by atoms with van der Waals surface area (Å²) in [6.45, 7) is 11.2. The lowest BCUT2D eigenvalue weighted by molar-refractivity contribution is -0.127. The molecule has 3 saturated heterocycles. The van der Waals surface area contributed by atoms with E-state index in [0.717, 1.165) is 45.2 Å². The minimum absolute atomic E-state index is 0.0205. The smallest absolute Gasteiger partial charge is 0.319 e. The summed E-state index contributed by atoms with van der Waals surface area (Å²) in [5.41, 5.74) is -0.796. The van der Waals surface area contributed by atoms with Gasteiger partial charge < -0.3 is 19.6 Å². The van der Waals surface area contributed by atoms with Crippen molar-refractivity contribution in [2.24, 2.45) is 5.41 Å². The maximum Gasteiger partial charge on any atom is 0.319 e. The maximum atomic E-state index is 17.3. The number of fused-ring (bicyclic) bond motifs is 3. The van der Waals surface area contributed by atoms with E-state index in [4.69, 9.17) is 16.1 Å². The maximum absolute atomic E-state index is 17.3. The molecule has 3 fully saturated rings. The number of likely N-dealkylation sites (tertiary alicyclic amines) is 1. The van der Waals surface area contributed by atoms with Crippen LogP contribution < -0.4 is 9.64 Å². The normalized spacial score (nSPS) is 19.2. The fraction of sp³-hybridized carbons (Fsp3) is 0.400. The number of ether oxygens (including phenoxy) is 1. The quantitative estimate of drug-likeness (QED) is 0.164. The number of likely N-dealkylation sites (N-methyl/N-ethyl adjacent to an activating group) is 1. The fourth-order valence-corrected chi connectivity index (χ4v) is 8.55. The van der Waals surface area contributed by atoms with Gasteiger partial charge in [0.1, 0.15) is 29.5 Å². The molecule has 0 unspecified atom stereocenters. The lowest BCUT2D eigenvalue weighted by Gasteiger charge is -2.36. The van der Waals surface area contributed by atoms with Crippen LogP contribution >= 0.6 is 0 Å². The predicted octanol–water partition coefficient (Wildman–Crippen LogP) is 6.54. The van der Waals surface area contributed by atoms with Crippen LogP contribution in [0.4, 0.5) is 14.6 Å². The van der Waals surface area contributed by atoms with Gasteiger partial charge in [0.2, 0.25) is 5.91 Å². The lowest BCUT2D eigenvalue weighted by atomic mass is 9.84. The molecule has 7 rings (SSSR count). The summed E-state index contributed by atoms with van der Waals surface area (Å²) >= 11 is 0. The summed E-state index contributed by atoms with van der Waals surface area (Å²) in [6, 6.07) is 8.69. The van der Waals surface area contributed by atoms with E-state index in [1.165, 1.54) is 36.4 Å². The first-order chi connectivity index (χ1) is 24.4. The van der Waals surface area contributed by atoms with E-state index >= 15 is 8.78 Å². The molecule has 9 nitrogen and oxygen atoms in total. The Labute approximate surface area is 296 Å². The molecule has 262 valence electrons. The average molecular weight is 691 g/mol. The Morgan fingerprint density at radius 2 is 1.92 bits per heavy atom. The van der Waals surface area contributed by atoms with Crippen LogP contribution in [0.3, 0.4) is 0 Å². The van der Waals surface area contributed by atoms with Gasteiger partial charge in [0, 0.05) is 36.5 Å². The van der Waals surface area contributed by atoms with E-state index in [9.17, 15) is 15.2 Å². The van der Waals surface area contributed by atoms with Crippen LogP contribution in [0.1, 0.15) is 57.1 Å². The van der Waals surface area contributed by atoms with E-state index < -0.39 is 11.6 Å². The highest BCUT2D eigenvalue weighted by atomic mass is 19.1. The molecule has 1 N–H and O–H groups in total. The number of aromatic nitrogens is 2. The van der Waals surface area contributed by atoms with Crippen molar-refractivity contribution in [3.05, 3.63) is 65.7 Å². The van der Waals surface area contributed by atoms with Crippen LogP contribution in [-0.2, 0) is 4.79 Å². The van der Waals surface area contributed by atoms with Gasteiger partial charge in [-0.2, -0.15) is 15.2 Å². The number of hydrogen-bond donors (Lipinski definition) is 1. The zero-order valence-electron chi connectivity index (χ0n) is 29.1. The van der Waals surface area contributed by atoms with Crippen molar-refractivity contribution in [1.29, 1.82) is 5.26 Å². The molecule has 3 aromatic carbocycles. The lowest BCUT2D eigenvalue weighted by Crippen LogP contribution is -2.47. The molecule has 51 heavy (non-hydrogen) atoms. The van der Waals surface area contributed by atoms with Crippen LogP contribution in [0.5, 0.6) is 11.8 Å². The van der Waals surface area contributed by atoms with Crippen molar-refractivity contribution in [2.75, 3.05) is 44.7 Å². The zero-order valence-corrected chi connectivity index (χ0v) is 29.1. The number of terminal acetylenes is 1. The fourth-order valence-electron chi connectivity index (χ4n) is 8.55. The van der Waals surface area contributed by atoms with Crippen LogP contribution in [0.15, 0.2) is 43.0 Å². The molecule has 1 amide bonds. The van der Waals surface area contributed by atoms with Crippen molar-refractivity contribution in [1.82, 2.24) is 19.8 Å². The first-order valence-electron chi connectivity index (χ1n) is 17.3. The van der Waals surface area contributed by atoms with Crippen molar-refractivity contribution in [3.63, 3.8) is 0 Å². The highest BCUT2D eigenvalue weighted by molar-refractivity contribution is 6.05. The molecule has 0 saturated carbocycles. The molecular weight excluding hydrogens is 650 g/mol. The number of nitriles is 1. The average Bonchev–Trinajstić information content (AvgIpc) is 3.78. The molecule has 0 spiro atoms. The third-order valence-electron chi connectivity index (χ3n) is 11.3. The van der Waals surface area contributed by atoms with Crippen LogP contribution in [-0.4, -0.2) is 82.2 Å². The molecule has 0 bridgehead atoms. The minimum Gasteiger partial charge on any atom is -0.508 e. The van der Waals surface area contributed by atoms with Crippen LogP contribution in [0.2, 0.25) is 0 Å². The van der Waals surface area contributed by atoms with Crippen molar-refractivity contribution in [3.8, 4) is 41.3 Å².